The number of carbonyl (C=O) groups excluding carboxylic acids is 1. The zero-order valence-corrected chi connectivity index (χ0v) is 11.1. The maximum Gasteiger partial charge on any atom is 0.261 e. The number of amides is 1. The molecule has 1 unspecified atom stereocenters. The molecule has 0 aliphatic carbocycles. The van der Waals surface area contributed by atoms with Crippen LogP contribution in [0.2, 0.25) is 0 Å². The highest BCUT2D eigenvalue weighted by atomic mass is 16.2. The largest absolute Gasteiger partial charge is 0.324 e. The lowest BCUT2D eigenvalue weighted by Gasteiger charge is -2.23. The lowest BCUT2D eigenvalue weighted by atomic mass is 10.0. The number of hydrogen-bond donors (Lipinski definition) is 1. The molecule has 2 N–H and O–H groups in total. The molecule has 20 heavy (non-hydrogen) atoms. The smallest absolute Gasteiger partial charge is 0.261 e. The van der Waals surface area contributed by atoms with Crippen molar-refractivity contribution in [2.24, 2.45) is 5.73 Å². The van der Waals surface area contributed by atoms with Crippen LogP contribution in [-0.4, -0.2) is 22.4 Å². The van der Waals surface area contributed by atoms with E-state index < -0.39 is 0 Å². The standard InChI is InChI=1S/C15H16N4O/c16-13-5-3-7-19(14-6-2-1-4-12(13)14)15(20)11-8-17-10-18-9-11/h1-2,4,6,8-10,13H,3,5,7,16H2. The fourth-order valence-corrected chi connectivity index (χ4v) is 2.57. The Balaban J connectivity index is 2.01. The van der Waals surface area contributed by atoms with Crippen LogP contribution in [0.3, 0.4) is 0 Å². The molecule has 0 bridgehead atoms. The molecule has 0 saturated heterocycles. The molecule has 2 heterocycles. The van der Waals surface area contributed by atoms with Crippen LogP contribution in [0.1, 0.15) is 34.8 Å². The van der Waals surface area contributed by atoms with Crippen molar-refractivity contribution in [3.05, 3.63) is 54.1 Å². The summed E-state index contributed by atoms with van der Waals surface area (Å²) in [4.78, 5) is 22.2. The number of carbonyl (C=O) groups is 1. The van der Waals surface area contributed by atoms with Crippen LogP contribution in [0.4, 0.5) is 5.69 Å². The van der Waals surface area contributed by atoms with Gasteiger partial charge in [0.1, 0.15) is 6.33 Å². The van der Waals surface area contributed by atoms with E-state index in [-0.39, 0.29) is 11.9 Å². The summed E-state index contributed by atoms with van der Waals surface area (Å²) in [6, 6.07) is 7.81. The molecule has 1 aliphatic rings. The van der Waals surface area contributed by atoms with Crippen LogP contribution in [0.15, 0.2) is 43.0 Å². The number of benzene rings is 1. The van der Waals surface area contributed by atoms with Gasteiger partial charge in [-0.25, -0.2) is 9.97 Å². The summed E-state index contributed by atoms with van der Waals surface area (Å²) in [5.41, 5.74) is 8.60. The molecule has 0 spiro atoms. The number of rotatable bonds is 1. The van der Waals surface area contributed by atoms with E-state index in [1.165, 1.54) is 6.33 Å². The molecule has 3 rings (SSSR count). The number of fused-ring (bicyclic) bond motifs is 1. The quantitative estimate of drug-likeness (QED) is 0.857. The Morgan fingerprint density at radius 1 is 1.25 bits per heavy atom. The number of hydrogen-bond acceptors (Lipinski definition) is 4. The third-order valence-electron chi connectivity index (χ3n) is 3.58. The molecule has 1 amide bonds. The van der Waals surface area contributed by atoms with Gasteiger partial charge < -0.3 is 10.6 Å². The molecule has 1 aliphatic heterocycles. The maximum absolute atomic E-state index is 12.6. The maximum atomic E-state index is 12.6. The fraction of sp³-hybridized carbons (Fsp3) is 0.267. The summed E-state index contributed by atoms with van der Waals surface area (Å²) < 4.78 is 0. The Kier molecular flexibility index (Phi) is 3.43. The minimum absolute atomic E-state index is 0.0176. The Labute approximate surface area is 117 Å². The predicted molar refractivity (Wildman–Crippen MR) is 76.3 cm³/mol. The van der Waals surface area contributed by atoms with Crippen molar-refractivity contribution in [1.82, 2.24) is 9.97 Å². The summed E-state index contributed by atoms with van der Waals surface area (Å²) >= 11 is 0. The molecule has 0 saturated carbocycles. The highest BCUT2D eigenvalue weighted by molar-refractivity contribution is 6.06. The van der Waals surface area contributed by atoms with Gasteiger partial charge in [-0.15, -0.1) is 0 Å². The van der Waals surface area contributed by atoms with E-state index in [0.29, 0.717) is 12.1 Å². The van der Waals surface area contributed by atoms with E-state index >= 15 is 0 Å². The highest BCUT2D eigenvalue weighted by Crippen LogP contribution is 2.32. The average molecular weight is 268 g/mol. The lowest BCUT2D eigenvalue weighted by molar-refractivity contribution is 0.0986. The van der Waals surface area contributed by atoms with Gasteiger partial charge in [0.05, 0.1) is 5.56 Å². The first-order valence-electron chi connectivity index (χ1n) is 6.69. The third kappa shape index (κ3) is 2.28. The van der Waals surface area contributed by atoms with Crippen LogP contribution < -0.4 is 10.6 Å². The van der Waals surface area contributed by atoms with Crippen LogP contribution in [0.5, 0.6) is 0 Å². The summed E-state index contributed by atoms with van der Waals surface area (Å²) in [6.45, 7) is 0.665. The first kappa shape index (κ1) is 12.7. The van der Waals surface area contributed by atoms with Gasteiger partial charge in [-0.05, 0) is 24.5 Å². The van der Waals surface area contributed by atoms with Gasteiger partial charge in [0, 0.05) is 30.7 Å². The van der Waals surface area contributed by atoms with Crippen molar-refractivity contribution < 1.29 is 4.79 Å². The van der Waals surface area contributed by atoms with Crippen molar-refractivity contribution in [2.45, 2.75) is 18.9 Å². The SMILES string of the molecule is NC1CCCN(C(=O)c2cncnc2)c2ccccc21. The predicted octanol–water partition coefficient (Wildman–Crippen LogP) is 1.92. The van der Waals surface area contributed by atoms with E-state index in [1.54, 1.807) is 17.3 Å². The molecule has 5 nitrogen and oxygen atoms in total. The van der Waals surface area contributed by atoms with Crippen LogP contribution >= 0.6 is 0 Å². The molecule has 0 fully saturated rings. The van der Waals surface area contributed by atoms with Gasteiger partial charge in [-0.2, -0.15) is 0 Å². The Morgan fingerprint density at radius 2 is 2.00 bits per heavy atom. The molecule has 1 atom stereocenters. The number of nitrogens with zero attached hydrogens (tertiary/aromatic N) is 3. The van der Waals surface area contributed by atoms with Gasteiger partial charge >= 0.3 is 0 Å². The van der Waals surface area contributed by atoms with E-state index in [0.717, 1.165) is 24.1 Å². The van der Waals surface area contributed by atoms with Crippen LogP contribution in [0.25, 0.3) is 0 Å². The monoisotopic (exact) mass is 268 g/mol. The van der Waals surface area contributed by atoms with Gasteiger partial charge in [-0.1, -0.05) is 18.2 Å². The van der Waals surface area contributed by atoms with Gasteiger partial charge in [-0.3, -0.25) is 4.79 Å². The number of aromatic nitrogens is 2. The Morgan fingerprint density at radius 3 is 2.80 bits per heavy atom. The first-order valence-corrected chi connectivity index (χ1v) is 6.69. The first-order chi connectivity index (χ1) is 9.77. The van der Waals surface area contributed by atoms with Crippen LogP contribution in [-0.2, 0) is 0 Å². The normalized spacial score (nSPS) is 18.2. The molecule has 5 heteroatoms. The minimum Gasteiger partial charge on any atom is -0.324 e. The number of anilines is 1. The van der Waals surface area contributed by atoms with Crippen molar-refractivity contribution in [1.29, 1.82) is 0 Å². The third-order valence-corrected chi connectivity index (χ3v) is 3.58. The van der Waals surface area contributed by atoms with E-state index in [4.69, 9.17) is 5.73 Å². The molecule has 0 radical (unpaired) electrons. The lowest BCUT2D eigenvalue weighted by Crippen LogP contribution is -2.32. The zero-order valence-electron chi connectivity index (χ0n) is 11.1. The summed E-state index contributed by atoms with van der Waals surface area (Å²) in [5, 5.41) is 0. The summed E-state index contributed by atoms with van der Waals surface area (Å²) in [6.07, 6.45) is 6.27. The molecule has 102 valence electrons. The van der Waals surface area contributed by atoms with Gasteiger partial charge in [0.2, 0.25) is 0 Å². The van der Waals surface area contributed by atoms with Crippen molar-refractivity contribution in [3.8, 4) is 0 Å². The molecule has 2 aromatic rings. The van der Waals surface area contributed by atoms with Crippen molar-refractivity contribution in [2.75, 3.05) is 11.4 Å². The fourth-order valence-electron chi connectivity index (χ4n) is 2.57. The van der Waals surface area contributed by atoms with Gasteiger partial charge in [0.25, 0.3) is 5.91 Å². The minimum atomic E-state index is -0.0767. The molecule has 1 aromatic carbocycles. The summed E-state index contributed by atoms with van der Waals surface area (Å²) in [5.74, 6) is -0.0767. The van der Waals surface area contributed by atoms with Gasteiger partial charge in [0.15, 0.2) is 0 Å². The van der Waals surface area contributed by atoms with E-state index in [2.05, 4.69) is 9.97 Å². The van der Waals surface area contributed by atoms with Crippen molar-refractivity contribution >= 4 is 11.6 Å². The van der Waals surface area contributed by atoms with E-state index in [9.17, 15) is 4.79 Å². The molecule has 1 aromatic heterocycles. The van der Waals surface area contributed by atoms with E-state index in [1.807, 2.05) is 24.3 Å². The number of para-hydroxylation sites is 1. The average Bonchev–Trinajstić information content (AvgIpc) is 2.67. The topological polar surface area (TPSA) is 72.1 Å². The zero-order chi connectivity index (χ0) is 13.9. The second-order valence-corrected chi connectivity index (χ2v) is 4.89. The highest BCUT2D eigenvalue weighted by Gasteiger charge is 2.25. The molecular weight excluding hydrogens is 252 g/mol. The molecular formula is C15H16N4O. The Bertz CT molecular complexity index is 614. The summed E-state index contributed by atoms with van der Waals surface area (Å²) in [7, 11) is 0. The number of nitrogens with two attached hydrogens (primary N) is 1. The van der Waals surface area contributed by atoms with Crippen molar-refractivity contribution in [3.63, 3.8) is 0 Å². The Hall–Kier alpha value is -2.27. The van der Waals surface area contributed by atoms with Crippen LogP contribution in [0, 0.1) is 0 Å². The second kappa shape index (κ2) is 5.38. The second-order valence-electron chi connectivity index (χ2n) is 4.89.